The molecule has 132 valence electrons. The molecule has 0 amide bonds. The van der Waals surface area contributed by atoms with Gasteiger partial charge in [0.25, 0.3) is 10.1 Å². The van der Waals surface area contributed by atoms with Crippen LogP contribution in [0.3, 0.4) is 0 Å². The molecule has 1 aliphatic carbocycles. The Hall–Kier alpha value is -1.76. The van der Waals surface area contributed by atoms with Crippen LogP contribution in [0.4, 0.5) is 4.39 Å². The summed E-state index contributed by atoms with van der Waals surface area (Å²) in [4.78, 5) is 0. The van der Waals surface area contributed by atoms with E-state index < -0.39 is 16.2 Å². The van der Waals surface area contributed by atoms with E-state index in [0.29, 0.717) is 12.8 Å². The zero-order chi connectivity index (χ0) is 17.6. The summed E-state index contributed by atoms with van der Waals surface area (Å²) in [6, 6.07) is 12.9. The second kappa shape index (κ2) is 6.20. The maximum Gasteiger partial charge on any atom is 0.264 e. The quantitative estimate of drug-likeness (QED) is 0.769. The average Bonchev–Trinajstić information content (AvgIpc) is 2.68. The maximum atomic E-state index is 13.9. The fourth-order valence-electron chi connectivity index (χ4n) is 3.97. The lowest BCUT2D eigenvalue weighted by Gasteiger charge is -2.36. The van der Waals surface area contributed by atoms with Gasteiger partial charge in [-0.15, -0.1) is 0 Å². The Morgan fingerprint density at radius 1 is 1.12 bits per heavy atom. The molecule has 1 fully saturated rings. The predicted octanol–water partition coefficient (Wildman–Crippen LogP) is 3.32. The normalized spacial score (nSPS) is 25.4. The highest BCUT2D eigenvalue weighted by Crippen LogP contribution is 2.46. The highest BCUT2D eigenvalue weighted by molar-refractivity contribution is 7.86. The van der Waals surface area contributed by atoms with Gasteiger partial charge in [-0.25, -0.2) is 4.39 Å². The van der Waals surface area contributed by atoms with Crippen molar-refractivity contribution in [3.8, 4) is 0 Å². The molecule has 0 N–H and O–H groups in total. The van der Waals surface area contributed by atoms with Crippen LogP contribution in [0.1, 0.15) is 40.7 Å². The van der Waals surface area contributed by atoms with Crippen molar-refractivity contribution >= 4 is 10.1 Å². The minimum absolute atomic E-state index is 0.0697. The second-order valence-electron chi connectivity index (χ2n) is 6.74. The van der Waals surface area contributed by atoms with Crippen LogP contribution >= 0.6 is 0 Å². The van der Waals surface area contributed by atoms with Gasteiger partial charge in [0.05, 0.1) is 19.0 Å². The number of fused-ring (bicyclic) bond motifs is 5. The first-order valence-electron chi connectivity index (χ1n) is 8.27. The summed E-state index contributed by atoms with van der Waals surface area (Å²) in [5.41, 5.74) is 4.17. The molecule has 4 nitrogen and oxygen atoms in total. The summed E-state index contributed by atoms with van der Waals surface area (Å²) >= 11 is 0. The summed E-state index contributed by atoms with van der Waals surface area (Å²) < 4.78 is 48.0. The van der Waals surface area contributed by atoms with Crippen molar-refractivity contribution in [2.75, 3.05) is 12.9 Å². The smallest absolute Gasteiger partial charge is 0.264 e. The SMILES string of the molecule is CS(=O)(=O)O[C@H]1CO[C@H]2c3cc(F)ccc3Cc3ccccc3[C@H]2C1. The Balaban J connectivity index is 1.78. The Kier molecular flexibility index (Phi) is 4.14. The Labute approximate surface area is 146 Å². The van der Waals surface area contributed by atoms with E-state index in [-0.39, 0.29) is 24.4 Å². The van der Waals surface area contributed by atoms with Crippen LogP contribution < -0.4 is 0 Å². The molecular formula is C19H19FO4S. The number of hydrogen-bond donors (Lipinski definition) is 0. The minimum Gasteiger partial charge on any atom is -0.370 e. The van der Waals surface area contributed by atoms with Crippen molar-refractivity contribution in [3.63, 3.8) is 0 Å². The third-order valence-corrected chi connectivity index (χ3v) is 5.53. The summed E-state index contributed by atoms with van der Waals surface area (Å²) in [6.07, 6.45) is 1.45. The molecule has 1 aliphatic heterocycles. The molecule has 1 heterocycles. The fraction of sp³-hybridized carbons (Fsp3) is 0.368. The standard InChI is InChI=1S/C19H19FO4S/c1-25(21,22)24-15-10-18-16-5-3-2-4-12(16)8-13-6-7-14(20)9-17(13)19(18)23-11-15/h2-7,9,15,18-19H,8,10-11H2,1H3/t15-,18-,19+/m1/s1. The van der Waals surface area contributed by atoms with Crippen LogP contribution in [0.2, 0.25) is 0 Å². The molecule has 6 heteroatoms. The molecule has 3 atom stereocenters. The molecule has 2 aromatic carbocycles. The van der Waals surface area contributed by atoms with Gasteiger partial charge in [0.1, 0.15) is 11.9 Å². The van der Waals surface area contributed by atoms with E-state index in [1.54, 1.807) is 0 Å². The van der Waals surface area contributed by atoms with Crippen molar-refractivity contribution in [3.05, 3.63) is 70.5 Å². The van der Waals surface area contributed by atoms with Gasteiger partial charge < -0.3 is 4.74 Å². The number of benzene rings is 2. The van der Waals surface area contributed by atoms with Crippen molar-refractivity contribution in [1.29, 1.82) is 0 Å². The van der Waals surface area contributed by atoms with Gasteiger partial charge in [-0.1, -0.05) is 30.3 Å². The lowest BCUT2D eigenvalue weighted by Crippen LogP contribution is -2.34. The van der Waals surface area contributed by atoms with E-state index in [1.165, 1.54) is 12.1 Å². The van der Waals surface area contributed by atoms with E-state index in [0.717, 1.165) is 28.5 Å². The van der Waals surface area contributed by atoms with Gasteiger partial charge in [-0.3, -0.25) is 4.18 Å². The fourth-order valence-corrected chi connectivity index (χ4v) is 4.60. The van der Waals surface area contributed by atoms with E-state index in [9.17, 15) is 12.8 Å². The van der Waals surface area contributed by atoms with Crippen molar-refractivity contribution in [1.82, 2.24) is 0 Å². The van der Waals surface area contributed by atoms with Crippen LogP contribution in [0.15, 0.2) is 42.5 Å². The lowest BCUT2D eigenvalue weighted by molar-refractivity contribution is -0.0594. The van der Waals surface area contributed by atoms with Gasteiger partial charge in [-0.2, -0.15) is 8.42 Å². The van der Waals surface area contributed by atoms with Crippen LogP contribution in [-0.4, -0.2) is 27.4 Å². The molecule has 2 aliphatic rings. The third-order valence-electron chi connectivity index (χ3n) is 4.90. The summed E-state index contributed by atoms with van der Waals surface area (Å²) in [7, 11) is -3.56. The molecule has 0 bridgehead atoms. The molecular weight excluding hydrogens is 343 g/mol. The van der Waals surface area contributed by atoms with E-state index in [2.05, 4.69) is 6.07 Å². The zero-order valence-corrected chi connectivity index (χ0v) is 14.6. The van der Waals surface area contributed by atoms with E-state index in [1.807, 2.05) is 24.3 Å². The Bertz CT molecular complexity index is 909. The zero-order valence-electron chi connectivity index (χ0n) is 13.8. The van der Waals surface area contributed by atoms with Gasteiger partial charge in [-0.05, 0) is 47.2 Å². The molecule has 25 heavy (non-hydrogen) atoms. The summed E-state index contributed by atoms with van der Waals surface area (Å²) in [5, 5.41) is 0. The van der Waals surface area contributed by atoms with Crippen LogP contribution in [0.5, 0.6) is 0 Å². The van der Waals surface area contributed by atoms with Crippen molar-refractivity contribution in [2.24, 2.45) is 0 Å². The second-order valence-corrected chi connectivity index (χ2v) is 8.34. The van der Waals surface area contributed by atoms with E-state index in [4.69, 9.17) is 8.92 Å². The molecule has 2 aromatic rings. The first-order chi connectivity index (χ1) is 11.9. The number of halogens is 1. The molecule has 0 radical (unpaired) electrons. The third kappa shape index (κ3) is 3.34. The first-order valence-corrected chi connectivity index (χ1v) is 10.1. The van der Waals surface area contributed by atoms with Gasteiger partial charge in [0.15, 0.2) is 0 Å². The van der Waals surface area contributed by atoms with Crippen LogP contribution in [-0.2, 0) is 25.5 Å². The lowest BCUT2D eigenvalue weighted by atomic mass is 9.83. The highest BCUT2D eigenvalue weighted by atomic mass is 32.2. The Morgan fingerprint density at radius 3 is 2.68 bits per heavy atom. The summed E-state index contributed by atoms with van der Waals surface area (Å²) in [6.45, 7) is 0.173. The van der Waals surface area contributed by atoms with Gasteiger partial charge >= 0.3 is 0 Å². The monoisotopic (exact) mass is 362 g/mol. The molecule has 4 rings (SSSR count). The summed E-state index contributed by atoms with van der Waals surface area (Å²) in [5.74, 6) is -0.360. The van der Waals surface area contributed by atoms with Crippen molar-refractivity contribution < 1.29 is 21.7 Å². The largest absolute Gasteiger partial charge is 0.370 e. The molecule has 1 saturated heterocycles. The number of rotatable bonds is 2. The molecule has 0 unspecified atom stereocenters. The number of hydrogen-bond acceptors (Lipinski definition) is 4. The highest BCUT2D eigenvalue weighted by Gasteiger charge is 2.39. The van der Waals surface area contributed by atoms with Gasteiger partial charge in [0.2, 0.25) is 0 Å². The number of ether oxygens (including phenoxy) is 1. The molecule has 0 aromatic heterocycles. The predicted molar refractivity (Wildman–Crippen MR) is 91.4 cm³/mol. The topological polar surface area (TPSA) is 52.6 Å². The maximum absolute atomic E-state index is 13.9. The van der Waals surface area contributed by atoms with Crippen LogP contribution in [0, 0.1) is 5.82 Å². The minimum atomic E-state index is -3.56. The first kappa shape index (κ1) is 16.7. The average molecular weight is 362 g/mol. The Morgan fingerprint density at radius 2 is 1.88 bits per heavy atom. The van der Waals surface area contributed by atoms with Gasteiger partial charge in [0, 0.05) is 5.92 Å². The molecule has 0 spiro atoms. The molecule has 0 saturated carbocycles. The van der Waals surface area contributed by atoms with Crippen LogP contribution in [0.25, 0.3) is 0 Å². The van der Waals surface area contributed by atoms with Crippen molar-refractivity contribution in [2.45, 2.75) is 31.0 Å². The van der Waals surface area contributed by atoms with E-state index >= 15 is 0 Å².